The molecule has 1 heteroatoms. The summed E-state index contributed by atoms with van der Waals surface area (Å²) in [6, 6.07) is 0. The highest BCUT2D eigenvalue weighted by atomic mass is 15.1. The fraction of sp³-hybridized carbons (Fsp3) is 0.923. The van der Waals surface area contributed by atoms with Gasteiger partial charge in [0.1, 0.15) is 0 Å². The largest absolute Gasteiger partial charge is 0.303 e. The molecule has 0 unspecified atom stereocenters. The molecule has 0 amide bonds. The summed E-state index contributed by atoms with van der Waals surface area (Å²) >= 11 is 0. The number of hydrogen-bond donors (Lipinski definition) is 0. The van der Waals surface area contributed by atoms with Crippen LogP contribution >= 0.6 is 0 Å². The van der Waals surface area contributed by atoms with Gasteiger partial charge in [0.05, 0.1) is 0 Å². The molecule has 0 spiro atoms. The maximum absolute atomic E-state index is 2.64. The van der Waals surface area contributed by atoms with Crippen LogP contribution in [0.5, 0.6) is 0 Å². The number of hydrogen-bond acceptors (Lipinski definition) is 1. The molecule has 0 aliphatic rings. The van der Waals surface area contributed by atoms with Gasteiger partial charge in [-0.3, -0.25) is 0 Å². The first kappa shape index (κ1) is 14.0. The highest BCUT2D eigenvalue weighted by Crippen LogP contribution is 2.02. The van der Waals surface area contributed by atoms with Crippen molar-refractivity contribution in [1.29, 1.82) is 0 Å². The van der Waals surface area contributed by atoms with Gasteiger partial charge in [0, 0.05) is 0 Å². The predicted octanol–water partition coefficient (Wildman–Crippen LogP) is 3.89. The smallest absolute Gasteiger partial charge is 0.00186 e. The van der Waals surface area contributed by atoms with Crippen LogP contribution in [0.25, 0.3) is 0 Å². The van der Waals surface area contributed by atoms with Crippen molar-refractivity contribution >= 4 is 0 Å². The maximum atomic E-state index is 2.64. The van der Waals surface area contributed by atoms with Gasteiger partial charge < -0.3 is 4.90 Å². The van der Waals surface area contributed by atoms with Crippen molar-refractivity contribution in [3.8, 4) is 0 Å². The van der Waals surface area contributed by atoms with Gasteiger partial charge in [0.25, 0.3) is 0 Å². The lowest BCUT2D eigenvalue weighted by Gasteiger charge is -2.21. The summed E-state index contributed by atoms with van der Waals surface area (Å²) in [5.74, 6) is 0. The number of nitrogens with zero attached hydrogens (tertiary/aromatic N) is 1. The van der Waals surface area contributed by atoms with Gasteiger partial charge in [-0.05, 0) is 51.7 Å². The molecule has 0 saturated heterocycles. The Labute approximate surface area is 90.9 Å². The summed E-state index contributed by atoms with van der Waals surface area (Å²) in [7, 11) is 0. The fourth-order valence-electron chi connectivity index (χ4n) is 1.62. The van der Waals surface area contributed by atoms with Gasteiger partial charge >= 0.3 is 0 Å². The molecule has 0 aromatic heterocycles. The third-order valence-corrected chi connectivity index (χ3v) is 2.62. The highest BCUT2D eigenvalue weighted by Gasteiger charge is 2.02. The maximum Gasteiger partial charge on any atom is -0.00186 e. The summed E-state index contributed by atoms with van der Waals surface area (Å²) < 4.78 is 0. The fourth-order valence-corrected chi connectivity index (χ4v) is 1.62. The monoisotopic (exact) mass is 198 g/mol. The van der Waals surface area contributed by atoms with Crippen LogP contribution in [0.15, 0.2) is 0 Å². The van der Waals surface area contributed by atoms with Crippen molar-refractivity contribution in [3.05, 3.63) is 6.42 Å². The minimum absolute atomic E-state index is 1.27. The Bertz CT molecular complexity index is 93.4. The highest BCUT2D eigenvalue weighted by molar-refractivity contribution is 4.62. The van der Waals surface area contributed by atoms with E-state index in [0.29, 0.717) is 0 Å². The average molecular weight is 198 g/mol. The van der Waals surface area contributed by atoms with Crippen LogP contribution in [-0.4, -0.2) is 24.5 Å². The average Bonchev–Trinajstić information content (AvgIpc) is 2.21. The molecule has 0 rings (SSSR count). The molecule has 1 nitrogen and oxygen atoms in total. The lowest BCUT2D eigenvalue weighted by molar-refractivity contribution is 0.262. The summed E-state index contributed by atoms with van der Waals surface area (Å²) in [6.07, 6.45) is 10.3. The molecule has 0 saturated carbocycles. The summed E-state index contributed by atoms with van der Waals surface area (Å²) in [5, 5.41) is 0. The molecule has 0 N–H and O–H groups in total. The summed E-state index contributed by atoms with van der Waals surface area (Å²) in [4.78, 5) is 2.64. The standard InChI is InChI=1S/C13H28N/c1-4-7-10-13-14(11-8-5-2)12-9-6-3/h4H,5-13H2,1-3H3. The van der Waals surface area contributed by atoms with E-state index in [0.717, 1.165) is 0 Å². The van der Waals surface area contributed by atoms with E-state index < -0.39 is 0 Å². The quantitative estimate of drug-likeness (QED) is 0.481. The van der Waals surface area contributed by atoms with Crippen molar-refractivity contribution in [2.45, 2.75) is 59.3 Å². The van der Waals surface area contributed by atoms with Crippen LogP contribution in [0.2, 0.25) is 0 Å². The first-order valence-corrected chi connectivity index (χ1v) is 6.35. The zero-order valence-corrected chi connectivity index (χ0v) is 10.4. The Kier molecular flexibility index (Phi) is 11.0. The van der Waals surface area contributed by atoms with E-state index in [2.05, 4.69) is 32.1 Å². The van der Waals surface area contributed by atoms with Gasteiger partial charge in [-0.15, -0.1) is 0 Å². The normalized spacial score (nSPS) is 11.1. The summed E-state index contributed by atoms with van der Waals surface area (Å²) in [5.41, 5.74) is 0. The van der Waals surface area contributed by atoms with Crippen LogP contribution < -0.4 is 0 Å². The second-order valence-corrected chi connectivity index (χ2v) is 4.10. The Morgan fingerprint density at radius 3 is 1.79 bits per heavy atom. The van der Waals surface area contributed by atoms with Gasteiger partial charge in [0.15, 0.2) is 0 Å². The molecule has 0 heterocycles. The lowest BCUT2D eigenvalue weighted by Crippen LogP contribution is -2.27. The second-order valence-electron chi connectivity index (χ2n) is 4.10. The molecule has 0 bridgehead atoms. The van der Waals surface area contributed by atoms with Crippen LogP contribution in [0.4, 0.5) is 0 Å². The van der Waals surface area contributed by atoms with Gasteiger partial charge in [-0.2, -0.15) is 0 Å². The van der Waals surface area contributed by atoms with Crippen molar-refractivity contribution < 1.29 is 0 Å². The summed E-state index contributed by atoms with van der Waals surface area (Å²) in [6.45, 7) is 10.6. The van der Waals surface area contributed by atoms with E-state index >= 15 is 0 Å². The van der Waals surface area contributed by atoms with E-state index in [4.69, 9.17) is 0 Å². The molecule has 1 radical (unpaired) electrons. The molecule has 0 aromatic rings. The second kappa shape index (κ2) is 11.0. The topological polar surface area (TPSA) is 3.24 Å². The zero-order valence-electron chi connectivity index (χ0n) is 10.4. The molecule has 0 aliphatic heterocycles. The molecule has 85 valence electrons. The first-order chi connectivity index (χ1) is 6.85. The van der Waals surface area contributed by atoms with E-state index in [9.17, 15) is 0 Å². The molecular formula is C13H28N. The van der Waals surface area contributed by atoms with Crippen molar-refractivity contribution in [2.24, 2.45) is 0 Å². The van der Waals surface area contributed by atoms with Crippen LogP contribution in [-0.2, 0) is 0 Å². The van der Waals surface area contributed by atoms with E-state index in [1.807, 2.05) is 0 Å². The van der Waals surface area contributed by atoms with Crippen LogP contribution in [0, 0.1) is 6.42 Å². The molecule has 0 aliphatic carbocycles. The van der Waals surface area contributed by atoms with E-state index in [1.165, 1.54) is 58.2 Å². The minimum atomic E-state index is 1.27. The van der Waals surface area contributed by atoms with Crippen LogP contribution in [0.3, 0.4) is 0 Å². The number of unbranched alkanes of at least 4 members (excludes halogenated alkanes) is 4. The third kappa shape index (κ3) is 8.55. The Morgan fingerprint density at radius 1 is 0.857 bits per heavy atom. The third-order valence-electron chi connectivity index (χ3n) is 2.62. The molecular weight excluding hydrogens is 170 g/mol. The Balaban J connectivity index is 3.49. The predicted molar refractivity (Wildman–Crippen MR) is 65.5 cm³/mol. The molecule has 0 aromatic carbocycles. The zero-order chi connectivity index (χ0) is 10.6. The SMILES string of the molecule is C[CH]CCCN(CCCC)CCCC. The van der Waals surface area contributed by atoms with Gasteiger partial charge in [-0.25, -0.2) is 0 Å². The Hall–Kier alpha value is -0.0400. The first-order valence-electron chi connectivity index (χ1n) is 6.35. The van der Waals surface area contributed by atoms with Gasteiger partial charge in [-0.1, -0.05) is 33.6 Å². The van der Waals surface area contributed by atoms with Crippen molar-refractivity contribution in [3.63, 3.8) is 0 Å². The molecule has 14 heavy (non-hydrogen) atoms. The minimum Gasteiger partial charge on any atom is -0.303 e. The van der Waals surface area contributed by atoms with Crippen LogP contribution in [0.1, 0.15) is 59.3 Å². The van der Waals surface area contributed by atoms with E-state index in [1.54, 1.807) is 0 Å². The van der Waals surface area contributed by atoms with Crippen molar-refractivity contribution in [1.82, 2.24) is 4.90 Å². The molecule has 0 atom stereocenters. The number of rotatable bonds is 10. The lowest BCUT2D eigenvalue weighted by atomic mass is 10.2. The van der Waals surface area contributed by atoms with E-state index in [-0.39, 0.29) is 0 Å². The molecule has 0 fully saturated rings. The van der Waals surface area contributed by atoms with Crippen molar-refractivity contribution in [2.75, 3.05) is 19.6 Å². The van der Waals surface area contributed by atoms with Gasteiger partial charge in [0.2, 0.25) is 0 Å². The Morgan fingerprint density at radius 2 is 1.36 bits per heavy atom.